The molecule has 0 amide bonds. The van der Waals surface area contributed by atoms with Crippen LogP contribution >= 0.6 is 15.9 Å². The fourth-order valence-electron chi connectivity index (χ4n) is 1.60. The highest BCUT2D eigenvalue weighted by Crippen LogP contribution is 2.27. The molecular weight excluding hydrogens is 214 g/mol. The quantitative estimate of drug-likeness (QED) is 0.776. The lowest BCUT2D eigenvalue weighted by Gasteiger charge is -2.35. The van der Waals surface area contributed by atoms with E-state index >= 15 is 0 Å². The van der Waals surface area contributed by atoms with Gasteiger partial charge in [-0.25, -0.2) is 0 Å². The van der Waals surface area contributed by atoms with E-state index in [0.29, 0.717) is 12.1 Å². The summed E-state index contributed by atoms with van der Waals surface area (Å²) in [4.78, 5) is 0. The Hall–Kier alpha value is -0.340. The first-order valence-electron chi connectivity index (χ1n) is 4.27. The molecule has 2 heteroatoms. The number of nitrogens with one attached hydrogen (secondary N) is 1. The summed E-state index contributed by atoms with van der Waals surface area (Å²) < 4.78 is 1.15. The Morgan fingerprint density at radius 1 is 1.33 bits per heavy atom. The molecule has 1 aromatic rings. The van der Waals surface area contributed by atoms with Crippen LogP contribution in [-0.4, -0.2) is 6.04 Å². The topological polar surface area (TPSA) is 12.0 Å². The molecule has 1 fully saturated rings. The first-order valence-corrected chi connectivity index (χ1v) is 5.06. The van der Waals surface area contributed by atoms with Crippen molar-refractivity contribution in [1.82, 2.24) is 5.32 Å². The minimum atomic E-state index is 0.591. The Morgan fingerprint density at radius 3 is 2.42 bits per heavy atom. The van der Waals surface area contributed by atoms with Crippen molar-refractivity contribution in [1.29, 1.82) is 0 Å². The van der Waals surface area contributed by atoms with Gasteiger partial charge in [0.05, 0.1) is 0 Å². The Kier molecular flexibility index (Phi) is 2.20. The van der Waals surface area contributed by atoms with Crippen LogP contribution in [0.2, 0.25) is 0 Å². The first kappa shape index (κ1) is 8.27. The van der Waals surface area contributed by atoms with Gasteiger partial charge in [-0.2, -0.15) is 0 Å². The lowest BCUT2D eigenvalue weighted by molar-refractivity contribution is 0.288. The summed E-state index contributed by atoms with van der Waals surface area (Å²) in [7, 11) is 0. The van der Waals surface area contributed by atoms with Gasteiger partial charge in [-0.1, -0.05) is 28.1 Å². The fourth-order valence-corrected chi connectivity index (χ4v) is 1.86. The van der Waals surface area contributed by atoms with E-state index in [0.717, 1.165) is 4.47 Å². The molecule has 1 aliphatic heterocycles. The standard InChI is InChI=1S/C10H12BrN/c1-7-6-10(12-7)8-2-4-9(11)5-3-8/h2-5,7,10,12H,6H2,1H3. The minimum absolute atomic E-state index is 0.591. The van der Waals surface area contributed by atoms with Crippen LogP contribution in [0, 0.1) is 0 Å². The zero-order chi connectivity index (χ0) is 8.55. The zero-order valence-corrected chi connectivity index (χ0v) is 8.64. The molecule has 0 bridgehead atoms. The average molecular weight is 226 g/mol. The summed E-state index contributed by atoms with van der Waals surface area (Å²) in [6.45, 7) is 2.22. The van der Waals surface area contributed by atoms with Gasteiger partial charge in [0, 0.05) is 16.6 Å². The van der Waals surface area contributed by atoms with Crippen molar-refractivity contribution in [3.63, 3.8) is 0 Å². The van der Waals surface area contributed by atoms with Gasteiger partial charge in [-0.05, 0) is 31.0 Å². The molecule has 12 heavy (non-hydrogen) atoms. The summed E-state index contributed by atoms with van der Waals surface area (Å²) in [5, 5.41) is 3.46. The minimum Gasteiger partial charge on any atom is -0.307 e. The Morgan fingerprint density at radius 2 is 1.92 bits per heavy atom. The van der Waals surface area contributed by atoms with E-state index in [9.17, 15) is 0 Å². The van der Waals surface area contributed by atoms with Crippen LogP contribution in [0.1, 0.15) is 24.9 Å². The van der Waals surface area contributed by atoms with Crippen molar-refractivity contribution in [2.75, 3.05) is 0 Å². The molecule has 64 valence electrons. The predicted molar refractivity (Wildman–Crippen MR) is 54.1 cm³/mol. The molecular formula is C10H12BrN. The van der Waals surface area contributed by atoms with Crippen LogP contribution in [0.15, 0.2) is 28.7 Å². The van der Waals surface area contributed by atoms with Gasteiger partial charge in [0.25, 0.3) is 0 Å². The van der Waals surface area contributed by atoms with Gasteiger partial charge in [0.15, 0.2) is 0 Å². The molecule has 1 nitrogen and oxygen atoms in total. The van der Waals surface area contributed by atoms with E-state index in [-0.39, 0.29) is 0 Å². The molecule has 2 rings (SSSR count). The molecule has 1 aromatic carbocycles. The van der Waals surface area contributed by atoms with Gasteiger partial charge in [-0.15, -0.1) is 0 Å². The highest BCUT2D eigenvalue weighted by atomic mass is 79.9. The third kappa shape index (κ3) is 1.54. The van der Waals surface area contributed by atoms with Crippen LogP contribution in [0.5, 0.6) is 0 Å². The second kappa shape index (κ2) is 3.19. The van der Waals surface area contributed by atoms with E-state index in [1.165, 1.54) is 12.0 Å². The van der Waals surface area contributed by atoms with Crippen molar-refractivity contribution in [3.05, 3.63) is 34.3 Å². The monoisotopic (exact) mass is 225 g/mol. The molecule has 0 aliphatic carbocycles. The molecule has 0 spiro atoms. The lowest BCUT2D eigenvalue weighted by Crippen LogP contribution is -2.43. The van der Waals surface area contributed by atoms with Crippen LogP contribution in [0.3, 0.4) is 0 Å². The smallest absolute Gasteiger partial charge is 0.0337 e. The van der Waals surface area contributed by atoms with E-state index in [4.69, 9.17) is 0 Å². The van der Waals surface area contributed by atoms with Gasteiger partial charge < -0.3 is 5.32 Å². The summed E-state index contributed by atoms with van der Waals surface area (Å²) in [6, 6.07) is 9.83. The average Bonchev–Trinajstić information content (AvgIpc) is 2.01. The highest BCUT2D eigenvalue weighted by Gasteiger charge is 2.24. The Bertz CT molecular complexity index is 262. The Balaban J connectivity index is 2.09. The Labute approximate surface area is 81.3 Å². The maximum absolute atomic E-state index is 3.46. The zero-order valence-electron chi connectivity index (χ0n) is 7.05. The molecule has 1 N–H and O–H groups in total. The summed E-state index contributed by atoms with van der Waals surface area (Å²) in [5.74, 6) is 0. The summed E-state index contributed by atoms with van der Waals surface area (Å²) >= 11 is 3.43. The van der Waals surface area contributed by atoms with Crippen LogP contribution < -0.4 is 5.32 Å². The van der Waals surface area contributed by atoms with Crippen molar-refractivity contribution in [2.45, 2.75) is 25.4 Å². The van der Waals surface area contributed by atoms with Crippen molar-refractivity contribution >= 4 is 15.9 Å². The fraction of sp³-hybridized carbons (Fsp3) is 0.400. The maximum atomic E-state index is 3.46. The number of halogens is 1. The number of benzene rings is 1. The normalized spacial score (nSPS) is 28.2. The van der Waals surface area contributed by atoms with Crippen molar-refractivity contribution < 1.29 is 0 Å². The molecule has 0 radical (unpaired) electrons. The second-order valence-electron chi connectivity index (χ2n) is 3.41. The largest absolute Gasteiger partial charge is 0.307 e. The van der Waals surface area contributed by atoms with E-state index in [2.05, 4.69) is 52.4 Å². The third-order valence-electron chi connectivity index (χ3n) is 2.35. The van der Waals surface area contributed by atoms with Crippen LogP contribution in [0.25, 0.3) is 0 Å². The maximum Gasteiger partial charge on any atom is 0.0337 e. The molecule has 1 saturated heterocycles. The van der Waals surface area contributed by atoms with Gasteiger partial charge in [0.2, 0.25) is 0 Å². The van der Waals surface area contributed by atoms with Crippen LogP contribution in [-0.2, 0) is 0 Å². The number of hydrogen-bond donors (Lipinski definition) is 1. The summed E-state index contributed by atoms with van der Waals surface area (Å²) in [6.07, 6.45) is 1.27. The first-order chi connectivity index (χ1) is 5.75. The number of rotatable bonds is 1. The van der Waals surface area contributed by atoms with Crippen molar-refractivity contribution in [2.24, 2.45) is 0 Å². The third-order valence-corrected chi connectivity index (χ3v) is 2.88. The van der Waals surface area contributed by atoms with E-state index in [1.54, 1.807) is 0 Å². The molecule has 1 heterocycles. The summed E-state index contributed by atoms with van der Waals surface area (Å²) in [5.41, 5.74) is 1.40. The lowest BCUT2D eigenvalue weighted by atomic mass is 9.92. The molecule has 0 aromatic heterocycles. The SMILES string of the molecule is CC1CC(c2ccc(Br)cc2)N1. The van der Waals surface area contributed by atoms with Gasteiger partial charge in [-0.3, -0.25) is 0 Å². The molecule has 2 atom stereocenters. The predicted octanol–water partition coefficient (Wildman–Crippen LogP) is 2.87. The molecule has 2 unspecified atom stereocenters. The van der Waals surface area contributed by atoms with E-state index < -0.39 is 0 Å². The highest BCUT2D eigenvalue weighted by molar-refractivity contribution is 9.10. The number of hydrogen-bond acceptors (Lipinski definition) is 1. The molecule has 1 aliphatic rings. The van der Waals surface area contributed by atoms with Gasteiger partial charge in [0.1, 0.15) is 0 Å². The van der Waals surface area contributed by atoms with Crippen LogP contribution in [0.4, 0.5) is 0 Å². The van der Waals surface area contributed by atoms with E-state index in [1.807, 2.05) is 0 Å². The second-order valence-corrected chi connectivity index (χ2v) is 4.32. The molecule has 0 saturated carbocycles. The van der Waals surface area contributed by atoms with Gasteiger partial charge >= 0.3 is 0 Å². The van der Waals surface area contributed by atoms with Crippen molar-refractivity contribution in [3.8, 4) is 0 Å².